The Morgan fingerprint density at radius 2 is 1.96 bits per heavy atom. The fraction of sp³-hybridized carbons (Fsp3) is 0.353. The molecule has 0 aliphatic carbocycles. The maximum absolute atomic E-state index is 13.4. The van der Waals surface area contributed by atoms with Gasteiger partial charge in [0, 0.05) is 18.7 Å². The summed E-state index contributed by atoms with van der Waals surface area (Å²) in [4.78, 5) is 11.7. The molecule has 0 saturated carbocycles. The summed E-state index contributed by atoms with van der Waals surface area (Å²) in [5.41, 5.74) is -1.43. The van der Waals surface area contributed by atoms with Gasteiger partial charge in [-0.3, -0.25) is 0 Å². The predicted octanol–water partition coefficient (Wildman–Crippen LogP) is 4.19. The molecule has 1 aliphatic heterocycles. The van der Waals surface area contributed by atoms with E-state index in [0.717, 1.165) is 29.2 Å². The fourth-order valence-electron chi connectivity index (χ4n) is 3.05. The molecule has 0 bridgehead atoms. The maximum atomic E-state index is 13.4. The molecule has 2 aromatic rings. The molecule has 4 nitrogen and oxygen atoms in total. The Labute approximate surface area is 140 Å². The number of hydrogen-bond donors (Lipinski definition) is 1. The van der Waals surface area contributed by atoms with Crippen LogP contribution < -0.4 is 0 Å². The monoisotopic (exact) mass is 357 g/mol. The van der Waals surface area contributed by atoms with Crippen molar-refractivity contribution in [2.75, 3.05) is 6.61 Å². The minimum Gasteiger partial charge on any atom is -0.477 e. The van der Waals surface area contributed by atoms with E-state index < -0.39 is 35.5 Å². The second-order valence-electron chi connectivity index (χ2n) is 5.85. The normalized spacial score (nSPS) is 17.8. The zero-order chi connectivity index (χ0) is 18.2. The highest BCUT2D eigenvalue weighted by Gasteiger charge is 2.39. The minimum atomic E-state index is -4.72. The van der Waals surface area contributed by atoms with Crippen LogP contribution >= 0.6 is 0 Å². The molecule has 1 saturated heterocycles. The molecule has 1 atom stereocenters. The Morgan fingerprint density at radius 3 is 2.48 bits per heavy atom. The van der Waals surface area contributed by atoms with Crippen molar-refractivity contribution in [2.24, 2.45) is 0 Å². The molecule has 1 aromatic carbocycles. The number of aromatic carboxylic acids is 1. The number of aromatic nitrogens is 1. The number of alkyl halides is 3. The van der Waals surface area contributed by atoms with Crippen LogP contribution in [0.5, 0.6) is 0 Å². The smallest absolute Gasteiger partial charge is 0.431 e. The Bertz CT molecular complexity index is 774. The van der Waals surface area contributed by atoms with E-state index in [4.69, 9.17) is 4.74 Å². The van der Waals surface area contributed by atoms with E-state index >= 15 is 0 Å². The van der Waals surface area contributed by atoms with E-state index in [1.807, 2.05) is 0 Å². The molecule has 1 N–H and O–H groups in total. The number of carbonyl (C=O) groups is 1. The van der Waals surface area contributed by atoms with Gasteiger partial charge in [-0.2, -0.15) is 13.2 Å². The lowest BCUT2D eigenvalue weighted by molar-refractivity contribution is -0.144. The SMILES string of the molecule is O=C(O)c1c(-c2ccc(F)cc2)cc(C(F)(F)F)n1CC1CCCO1. The largest absolute Gasteiger partial charge is 0.477 e. The number of benzene rings is 1. The summed E-state index contributed by atoms with van der Waals surface area (Å²) in [5.74, 6) is -2.04. The number of rotatable bonds is 4. The second-order valence-corrected chi connectivity index (χ2v) is 5.85. The molecule has 1 aliphatic rings. The lowest BCUT2D eigenvalue weighted by Gasteiger charge is -2.17. The quantitative estimate of drug-likeness (QED) is 0.835. The summed E-state index contributed by atoms with van der Waals surface area (Å²) in [7, 11) is 0. The Kier molecular flexibility index (Phi) is 4.55. The molecule has 8 heteroatoms. The molecule has 3 rings (SSSR count). The number of halogens is 4. The number of carboxylic acid groups (broad SMARTS) is 1. The van der Waals surface area contributed by atoms with Gasteiger partial charge >= 0.3 is 12.1 Å². The number of ether oxygens (including phenoxy) is 1. The van der Waals surface area contributed by atoms with Crippen molar-refractivity contribution in [1.82, 2.24) is 4.57 Å². The van der Waals surface area contributed by atoms with Gasteiger partial charge in [0.2, 0.25) is 0 Å². The van der Waals surface area contributed by atoms with Gasteiger partial charge in [0.25, 0.3) is 0 Å². The summed E-state index contributed by atoms with van der Waals surface area (Å²) >= 11 is 0. The van der Waals surface area contributed by atoms with Gasteiger partial charge in [-0.25, -0.2) is 9.18 Å². The second kappa shape index (κ2) is 6.51. The zero-order valence-corrected chi connectivity index (χ0v) is 13.0. The third-order valence-electron chi connectivity index (χ3n) is 4.16. The molecular weight excluding hydrogens is 342 g/mol. The maximum Gasteiger partial charge on any atom is 0.431 e. The van der Waals surface area contributed by atoms with Crippen LogP contribution in [0.15, 0.2) is 30.3 Å². The standard InChI is InChI=1S/C17H15F4NO3/c18-11-5-3-10(4-6-11)13-8-14(17(19,20)21)22(15(13)16(23)24)9-12-2-1-7-25-12/h3-6,8,12H,1-2,7,9H2,(H,23,24). The third kappa shape index (κ3) is 3.53. The molecule has 0 spiro atoms. The van der Waals surface area contributed by atoms with Crippen molar-refractivity contribution in [3.8, 4) is 11.1 Å². The van der Waals surface area contributed by atoms with Crippen molar-refractivity contribution in [3.63, 3.8) is 0 Å². The summed E-state index contributed by atoms with van der Waals surface area (Å²) < 4.78 is 59.5. The number of hydrogen-bond acceptors (Lipinski definition) is 2. The van der Waals surface area contributed by atoms with Crippen LogP contribution in [0.25, 0.3) is 11.1 Å². The van der Waals surface area contributed by atoms with Gasteiger partial charge in [-0.1, -0.05) is 12.1 Å². The molecule has 2 heterocycles. The predicted molar refractivity (Wildman–Crippen MR) is 80.8 cm³/mol. The summed E-state index contributed by atoms with van der Waals surface area (Å²) in [6.45, 7) is 0.248. The van der Waals surface area contributed by atoms with Gasteiger partial charge in [0.05, 0.1) is 6.10 Å². The third-order valence-corrected chi connectivity index (χ3v) is 4.16. The van der Waals surface area contributed by atoms with Gasteiger partial charge < -0.3 is 14.4 Å². The van der Waals surface area contributed by atoms with E-state index in [-0.39, 0.29) is 17.7 Å². The highest BCUT2D eigenvalue weighted by molar-refractivity contribution is 5.95. The Morgan fingerprint density at radius 1 is 1.28 bits per heavy atom. The number of nitrogens with zero attached hydrogens (tertiary/aromatic N) is 1. The van der Waals surface area contributed by atoms with Gasteiger partial charge in [-0.05, 0) is 36.6 Å². The van der Waals surface area contributed by atoms with Crippen molar-refractivity contribution in [2.45, 2.75) is 31.7 Å². The van der Waals surface area contributed by atoms with Crippen LogP contribution in [-0.2, 0) is 17.5 Å². The topological polar surface area (TPSA) is 51.5 Å². The van der Waals surface area contributed by atoms with Crippen LogP contribution in [0.2, 0.25) is 0 Å². The molecule has 25 heavy (non-hydrogen) atoms. The van der Waals surface area contributed by atoms with Crippen LogP contribution in [0, 0.1) is 5.82 Å². The summed E-state index contributed by atoms with van der Waals surface area (Å²) in [5, 5.41) is 9.51. The first-order chi connectivity index (χ1) is 11.8. The zero-order valence-electron chi connectivity index (χ0n) is 13.0. The van der Waals surface area contributed by atoms with Crippen molar-refractivity contribution in [1.29, 1.82) is 0 Å². The first-order valence-electron chi connectivity index (χ1n) is 7.69. The average molecular weight is 357 g/mol. The van der Waals surface area contributed by atoms with E-state index in [2.05, 4.69) is 0 Å². The van der Waals surface area contributed by atoms with Gasteiger partial charge in [0.15, 0.2) is 0 Å². The van der Waals surface area contributed by atoms with Crippen molar-refractivity contribution in [3.05, 3.63) is 47.5 Å². The van der Waals surface area contributed by atoms with Crippen LogP contribution in [0.1, 0.15) is 29.0 Å². The average Bonchev–Trinajstić information content (AvgIpc) is 3.15. The Hall–Kier alpha value is -2.35. The molecule has 134 valence electrons. The van der Waals surface area contributed by atoms with Gasteiger partial charge in [-0.15, -0.1) is 0 Å². The van der Waals surface area contributed by atoms with E-state index in [1.165, 1.54) is 12.1 Å². The van der Waals surface area contributed by atoms with E-state index in [0.29, 0.717) is 13.0 Å². The molecule has 1 fully saturated rings. The summed E-state index contributed by atoms with van der Waals surface area (Å²) in [6, 6.07) is 5.46. The Balaban J connectivity index is 2.16. The highest BCUT2D eigenvalue weighted by atomic mass is 19.4. The van der Waals surface area contributed by atoms with Gasteiger partial charge in [0.1, 0.15) is 17.2 Å². The molecule has 0 amide bonds. The molecule has 1 unspecified atom stereocenters. The summed E-state index contributed by atoms with van der Waals surface area (Å²) in [6.07, 6.45) is -3.89. The molecular formula is C17H15F4NO3. The van der Waals surface area contributed by atoms with Crippen LogP contribution in [0.3, 0.4) is 0 Å². The lowest BCUT2D eigenvalue weighted by atomic mass is 10.1. The minimum absolute atomic E-state index is 0.0992. The lowest BCUT2D eigenvalue weighted by Crippen LogP contribution is -2.24. The number of carboxylic acids is 1. The van der Waals surface area contributed by atoms with Crippen LogP contribution in [0.4, 0.5) is 17.6 Å². The molecule has 1 aromatic heterocycles. The van der Waals surface area contributed by atoms with Crippen molar-refractivity contribution < 1.29 is 32.2 Å². The van der Waals surface area contributed by atoms with Crippen LogP contribution in [-0.4, -0.2) is 28.4 Å². The fourth-order valence-corrected chi connectivity index (χ4v) is 3.05. The first kappa shape index (κ1) is 17.5. The van der Waals surface area contributed by atoms with E-state index in [1.54, 1.807) is 0 Å². The first-order valence-corrected chi connectivity index (χ1v) is 7.69. The van der Waals surface area contributed by atoms with E-state index in [9.17, 15) is 27.5 Å². The molecule has 0 radical (unpaired) electrons. The highest BCUT2D eigenvalue weighted by Crippen LogP contribution is 2.37. The van der Waals surface area contributed by atoms with Crippen molar-refractivity contribution >= 4 is 5.97 Å².